The zero-order chi connectivity index (χ0) is 14.8. The first kappa shape index (κ1) is 17.2. The highest BCUT2D eigenvalue weighted by Crippen LogP contribution is 2.16. The van der Waals surface area contributed by atoms with Gasteiger partial charge in [-0.05, 0) is 26.5 Å². The molecule has 0 atom stereocenters. The summed E-state index contributed by atoms with van der Waals surface area (Å²) in [4.78, 5) is 2.34. The summed E-state index contributed by atoms with van der Waals surface area (Å²) in [5.74, 6) is 2.01. The first-order chi connectivity index (χ1) is 9.71. The summed E-state index contributed by atoms with van der Waals surface area (Å²) < 4.78 is 16.1. The molecule has 0 bridgehead atoms. The van der Waals surface area contributed by atoms with Gasteiger partial charge in [0.2, 0.25) is 0 Å². The second-order valence-corrected chi connectivity index (χ2v) is 4.94. The smallest absolute Gasteiger partial charge is 0.118 e. The molecule has 0 radical (unpaired) electrons. The highest BCUT2D eigenvalue weighted by Gasteiger charge is 2.11. The molecule has 0 spiro atoms. The quantitative estimate of drug-likeness (QED) is 0.628. The van der Waals surface area contributed by atoms with Crippen molar-refractivity contribution in [2.24, 2.45) is 0 Å². The topological polar surface area (TPSA) is 46.9 Å². The van der Waals surface area contributed by atoms with Crippen molar-refractivity contribution in [3.63, 3.8) is 0 Å². The fraction of sp³-hybridized carbons (Fsp3) is 0.733. The van der Waals surface area contributed by atoms with Crippen LogP contribution in [-0.4, -0.2) is 52.5 Å². The summed E-state index contributed by atoms with van der Waals surface area (Å²) in [6.45, 7) is 7.08. The highest BCUT2D eigenvalue weighted by molar-refractivity contribution is 5.20. The van der Waals surface area contributed by atoms with Gasteiger partial charge < -0.3 is 19.2 Å². The maximum absolute atomic E-state index is 5.83. The van der Waals surface area contributed by atoms with Gasteiger partial charge in [-0.1, -0.05) is 0 Å². The van der Waals surface area contributed by atoms with Gasteiger partial charge in [-0.2, -0.15) is 0 Å². The molecule has 0 saturated heterocycles. The number of nitrogens with zero attached hydrogens (tertiary/aromatic N) is 1. The lowest BCUT2D eigenvalue weighted by atomic mass is 10.2. The number of aryl methyl sites for hydroxylation is 1. The van der Waals surface area contributed by atoms with Gasteiger partial charge in [-0.25, -0.2) is 0 Å². The van der Waals surface area contributed by atoms with E-state index in [0.717, 1.165) is 57.3 Å². The molecule has 5 nitrogen and oxygen atoms in total. The maximum Gasteiger partial charge on any atom is 0.118 e. The summed E-state index contributed by atoms with van der Waals surface area (Å²) in [6.07, 6.45) is 1.02. The Morgan fingerprint density at radius 1 is 1.20 bits per heavy atom. The molecule has 0 unspecified atom stereocenters. The van der Waals surface area contributed by atoms with E-state index in [9.17, 15) is 0 Å². The van der Waals surface area contributed by atoms with Crippen molar-refractivity contribution < 1.29 is 13.9 Å². The minimum Gasteiger partial charge on any atom is -0.465 e. The minimum absolute atomic E-state index is 0.732. The molecule has 0 aliphatic carbocycles. The van der Waals surface area contributed by atoms with Gasteiger partial charge in [0.05, 0.1) is 13.2 Å². The summed E-state index contributed by atoms with van der Waals surface area (Å²) in [7, 11) is 5.41. The Balaban J connectivity index is 2.55. The average Bonchev–Trinajstić information content (AvgIpc) is 2.77. The van der Waals surface area contributed by atoms with Gasteiger partial charge in [0, 0.05) is 46.0 Å². The molecule has 0 fully saturated rings. The Hall–Kier alpha value is -0.880. The molecule has 1 N–H and O–H groups in total. The molecule has 20 heavy (non-hydrogen) atoms. The Morgan fingerprint density at radius 3 is 2.60 bits per heavy atom. The summed E-state index contributed by atoms with van der Waals surface area (Å²) >= 11 is 0. The SMILES string of the molecule is CNCc1cc(CN(CCCOC)CCOC)oc1C. The van der Waals surface area contributed by atoms with Crippen molar-refractivity contribution in [2.45, 2.75) is 26.4 Å². The first-order valence-corrected chi connectivity index (χ1v) is 7.14. The van der Waals surface area contributed by atoms with Crippen molar-refractivity contribution in [2.75, 3.05) is 47.6 Å². The minimum atomic E-state index is 0.732. The fourth-order valence-electron chi connectivity index (χ4n) is 2.17. The van der Waals surface area contributed by atoms with E-state index in [4.69, 9.17) is 13.9 Å². The van der Waals surface area contributed by atoms with Crippen LogP contribution in [0.15, 0.2) is 10.5 Å². The highest BCUT2D eigenvalue weighted by atomic mass is 16.5. The molecule has 1 aromatic heterocycles. The third kappa shape index (κ3) is 6.05. The van der Waals surface area contributed by atoms with Crippen LogP contribution in [0.3, 0.4) is 0 Å². The molecule has 0 amide bonds. The number of hydrogen-bond acceptors (Lipinski definition) is 5. The molecule has 1 rings (SSSR count). The van der Waals surface area contributed by atoms with Crippen molar-refractivity contribution in [1.29, 1.82) is 0 Å². The Labute approximate surface area is 122 Å². The molecule has 0 aliphatic rings. The Kier molecular flexibility index (Phi) is 8.53. The second kappa shape index (κ2) is 9.94. The van der Waals surface area contributed by atoms with E-state index in [-0.39, 0.29) is 0 Å². The standard InChI is InChI=1S/C15H28N2O3/c1-13-14(11-16-2)10-15(20-13)12-17(7-9-19-4)6-5-8-18-3/h10,16H,5-9,11-12H2,1-4H3. The lowest BCUT2D eigenvalue weighted by Crippen LogP contribution is -2.28. The Morgan fingerprint density at radius 2 is 1.95 bits per heavy atom. The van der Waals surface area contributed by atoms with Crippen LogP contribution in [0.1, 0.15) is 23.5 Å². The number of nitrogens with one attached hydrogen (secondary N) is 1. The van der Waals surface area contributed by atoms with E-state index in [1.807, 2.05) is 14.0 Å². The van der Waals surface area contributed by atoms with Crippen LogP contribution in [-0.2, 0) is 22.6 Å². The van der Waals surface area contributed by atoms with E-state index in [1.54, 1.807) is 14.2 Å². The van der Waals surface area contributed by atoms with E-state index >= 15 is 0 Å². The van der Waals surface area contributed by atoms with E-state index in [1.165, 1.54) is 5.56 Å². The largest absolute Gasteiger partial charge is 0.465 e. The van der Waals surface area contributed by atoms with Crippen LogP contribution in [0.25, 0.3) is 0 Å². The molecular weight excluding hydrogens is 256 g/mol. The Bertz CT molecular complexity index is 366. The molecular formula is C15H28N2O3. The summed E-state index contributed by atoms with van der Waals surface area (Å²) in [6, 6.07) is 2.14. The van der Waals surface area contributed by atoms with Gasteiger partial charge in [0.15, 0.2) is 0 Å². The molecule has 1 aromatic rings. The number of ether oxygens (including phenoxy) is 2. The third-order valence-corrected chi connectivity index (χ3v) is 3.25. The second-order valence-electron chi connectivity index (χ2n) is 4.94. The van der Waals surface area contributed by atoms with Gasteiger partial charge in [0.1, 0.15) is 11.5 Å². The zero-order valence-corrected chi connectivity index (χ0v) is 13.2. The van der Waals surface area contributed by atoms with Crippen molar-refractivity contribution in [3.8, 4) is 0 Å². The number of furan rings is 1. The van der Waals surface area contributed by atoms with Gasteiger partial charge in [-0.3, -0.25) is 4.90 Å². The monoisotopic (exact) mass is 284 g/mol. The normalized spacial score (nSPS) is 11.4. The molecule has 1 heterocycles. The van der Waals surface area contributed by atoms with E-state index < -0.39 is 0 Å². The van der Waals surface area contributed by atoms with Crippen molar-refractivity contribution >= 4 is 0 Å². The van der Waals surface area contributed by atoms with Crippen LogP contribution < -0.4 is 5.32 Å². The summed E-state index contributed by atoms with van der Waals surface area (Å²) in [5, 5.41) is 3.16. The molecule has 0 aliphatic heterocycles. The van der Waals surface area contributed by atoms with Gasteiger partial charge in [-0.15, -0.1) is 0 Å². The lowest BCUT2D eigenvalue weighted by Gasteiger charge is -2.20. The number of methoxy groups -OCH3 is 2. The third-order valence-electron chi connectivity index (χ3n) is 3.25. The van der Waals surface area contributed by atoms with Gasteiger partial charge in [0.25, 0.3) is 0 Å². The van der Waals surface area contributed by atoms with Crippen LogP contribution in [0.4, 0.5) is 0 Å². The molecule has 5 heteroatoms. The van der Waals surface area contributed by atoms with Crippen molar-refractivity contribution in [1.82, 2.24) is 10.2 Å². The van der Waals surface area contributed by atoms with Crippen LogP contribution >= 0.6 is 0 Å². The number of hydrogen-bond donors (Lipinski definition) is 1. The maximum atomic E-state index is 5.83. The van der Waals surface area contributed by atoms with Crippen LogP contribution in [0.5, 0.6) is 0 Å². The fourth-order valence-corrected chi connectivity index (χ4v) is 2.17. The first-order valence-electron chi connectivity index (χ1n) is 7.14. The predicted molar refractivity (Wildman–Crippen MR) is 79.9 cm³/mol. The zero-order valence-electron chi connectivity index (χ0n) is 13.2. The number of rotatable bonds is 11. The van der Waals surface area contributed by atoms with Gasteiger partial charge >= 0.3 is 0 Å². The molecule has 0 aromatic carbocycles. The van der Waals surface area contributed by atoms with E-state index in [2.05, 4.69) is 16.3 Å². The van der Waals surface area contributed by atoms with Crippen molar-refractivity contribution in [3.05, 3.63) is 23.2 Å². The van der Waals surface area contributed by atoms with Crippen LogP contribution in [0.2, 0.25) is 0 Å². The summed E-state index contributed by atoms with van der Waals surface area (Å²) in [5.41, 5.74) is 1.23. The van der Waals surface area contributed by atoms with E-state index in [0.29, 0.717) is 0 Å². The average molecular weight is 284 g/mol. The lowest BCUT2D eigenvalue weighted by molar-refractivity contribution is 0.124. The predicted octanol–water partition coefficient (Wildman–Crippen LogP) is 1.79. The van der Waals surface area contributed by atoms with Crippen LogP contribution in [0, 0.1) is 6.92 Å². The molecule has 0 saturated carbocycles. The molecule has 116 valence electrons.